The number of hydrogen-bond acceptors (Lipinski definition) is 4. The highest BCUT2D eigenvalue weighted by Crippen LogP contribution is 2.19. The number of carbonyl (C=O) groups excluding carboxylic acids is 1. The summed E-state index contributed by atoms with van der Waals surface area (Å²) in [6.45, 7) is 1.90. The summed E-state index contributed by atoms with van der Waals surface area (Å²) in [6.07, 6.45) is 4.82. The van der Waals surface area contributed by atoms with Crippen LogP contribution in [0, 0.1) is 0 Å². The second-order valence-electron chi connectivity index (χ2n) is 4.12. The van der Waals surface area contributed by atoms with Crippen LogP contribution in [-0.2, 0) is 4.79 Å². The Hall–Kier alpha value is -2.63. The highest BCUT2D eigenvalue weighted by atomic mass is 16.4. The number of carbonyl (C=O) groups is 1. The zero-order chi connectivity index (χ0) is 14.4. The first-order valence-electron chi connectivity index (χ1n) is 6.30. The number of allylic oxidation sites excluding steroid dienone is 2. The van der Waals surface area contributed by atoms with Gasteiger partial charge < -0.3 is 10.2 Å². The normalized spacial score (nSPS) is 12.2. The predicted octanol–water partition coefficient (Wildman–Crippen LogP) is 2.25. The highest BCUT2D eigenvalue weighted by molar-refractivity contribution is 5.97. The van der Waals surface area contributed by atoms with Crippen molar-refractivity contribution in [3.63, 3.8) is 0 Å². The van der Waals surface area contributed by atoms with Gasteiger partial charge >= 0.3 is 6.01 Å². The van der Waals surface area contributed by atoms with Gasteiger partial charge in [-0.1, -0.05) is 24.3 Å². The molecule has 0 unspecified atom stereocenters. The van der Waals surface area contributed by atoms with Gasteiger partial charge in [-0.15, -0.1) is 0 Å². The number of amides is 1. The molecule has 1 amide bonds. The minimum absolute atomic E-state index is 0.0259. The molecule has 6 heteroatoms. The largest absolute Gasteiger partial charge is 0.422 e. The average Bonchev–Trinajstić information content (AvgIpc) is 2.80. The van der Waals surface area contributed by atoms with Gasteiger partial charge in [0.15, 0.2) is 5.58 Å². The molecule has 0 bridgehead atoms. The van der Waals surface area contributed by atoms with E-state index in [1.807, 2.05) is 37.3 Å². The molecule has 20 heavy (non-hydrogen) atoms. The molecule has 0 aliphatic heterocycles. The third-order valence-electron chi connectivity index (χ3n) is 2.54. The van der Waals surface area contributed by atoms with E-state index in [-0.39, 0.29) is 17.9 Å². The molecular weight excluding hydrogens is 256 g/mol. The van der Waals surface area contributed by atoms with Crippen LogP contribution in [0.3, 0.4) is 0 Å². The molecular formula is C14H16N4O2. The molecule has 0 aliphatic rings. The van der Waals surface area contributed by atoms with Gasteiger partial charge in [0.25, 0.3) is 0 Å². The van der Waals surface area contributed by atoms with Gasteiger partial charge in [0.05, 0.1) is 0 Å². The second-order valence-corrected chi connectivity index (χ2v) is 4.12. The summed E-state index contributed by atoms with van der Waals surface area (Å²) in [5.41, 5.74) is 6.95. The number of aromatic nitrogens is 1. The van der Waals surface area contributed by atoms with Crippen molar-refractivity contribution in [2.45, 2.75) is 19.8 Å². The topological polar surface area (TPSA) is 93.5 Å². The molecule has 0 radical (unpaired) electrons. The molecule has 2 aromatic rings. The SMILES string of the molecule is C/C=C/CCC(=O)NC(N)=Nc1nc2ccccc2o1. The summed E-state index contributed by atoms with van der Waals surface area (Å²) in [7, 11) is 0. The van der Waals surface area contributed by atoms with E-state index in [1.165, 1.54) is 0 Å². The lowest BCUT2D eigenvalue weighted by molar-refractivity contribution is -0.119. The molecule has 0 fully saturated rings. The molecule has 0 saturated carbocycles. The van der Waals surface area contributed by atoms with Gasteiger partial charge in [-0.25, -0.2) is 0 Å². The van der Waals surface area contributed by atoms with Gasteiger partial charge in [0.2, 0.25) is 11.9 Å². The van der Waals surface area contributed by atoms with E-state index in [0.717, 1.165) is 0 Å². The van der Waals surface area contributed by atoms with E-state index < -0.39 is 0 Å². The van der Waals surface area contributed by atoms with Crippen molar-refractivity contribution in [1.82, 2.24) is 10.3 Å². The van der Waals surface area contributed by atoms with Crippen molar-refractivity contribution in [2.24, 2.45) is 10.7 Å². The summed E-state index contributed by atoms with van der Waals surface area (Å²) in [5, 5.41) is 2.49. The predicted molar refractivity (Wildman–Crippen MR) is 77.5 cm³/mol. The third-order valence-corrected chi connectivity index (χ3v) is 2.54. The summed E-state index contributed by atoms with van der Waals surface area (Å²) < 4.78 is 5.38. The van der Waals surface area contributed by atoms with Gasteiger partial charge in [0.1, 0.15) is 5.52 Å². The Morgan fingerprint density at radius 3 is 3.05 bits per heavy atom. The molecule has 1 aromatic heterocycles. The van der Waals surface area contributed by atoms with Crippen molar-refractivity contribution < 1.29 is 9.21 Å². The molecule has 6 nitrogen and oxygen atoms in total. The lowest BCUT2D eigenvalue weighted by Crippen LogP contribution is -2.36. The van der Waals surface area contributed by atoms with Crippen molar-refractivity contribution in [3.8, 4) is 0 Å². The second kappa shape index (κ2) is 6.51. The number of nitrogens with one attached hydrogen (secondary N) is 1. The first-order valence-corrected chi connectivity index (χ1v) is 6.30. The van der Waals surface area contributed by atoms with Crippen LogP contribution in [0.5, 0.6) is 0 Å². The first kappa shape index (κ1) is 13.8. The maximum absolute atomic E-state index is 11.5. The molecule has 0 aliphatic carbocycles. The Balaban J connectivity index is 2.00. The lowest BCUT2D eigenvalue weighted by Gasteiger charge is -2.01. The molecule has 3 N–H and O–H groups in total. The molecule has 104 valence electrons. The number of oxazole rings is 1. The standard InChI is InChI=1S/C14H16N4O2/c1-2-3-4-9-12(19)17-13(15)18-14-16-10-7-5-6-8-11(10)20-14/h2-3,5-8H,4,9H2,1H3,(H3,15,16,17,18,19)/b3-2+. The number of para-hydroxylation sites is 2. The number of nitrogens with two attached hydrogens (primary N) is 1. The molecule has 1 aromatic carbocycles. The monoisotopic (exact) mass is 272 g/mol. The van der Waals surface area contributed by atoms with E-state index in [9.17, 15) is 4.79 Å². The Kier molecular flexibility index (Phi) is 4.49. The van der Waals surface area contributed by atoms with Crippen molar-refractivity contribution >= 4 is 29.0 Å². The Morgan fingerprint density at radius 2 is 2.30 bits per heavy atom. The number of hydrogen-bond donors (Lipinski definition) is 2. The summed E-state index contributed by atoms with van der Waals surface area (Å²) in [5.74, 6) is -0.220. The van der Waals surface area contributed by atoms with E-state index in [1.54, 1.807) is 6.07 Å². The zero-order valence-corrected chi connectivity index (χ0v) is 11.2. The smallest absolute Gasteiger partial charge is 0.325 e. The fourth-order valence-electron chi connectivity index (χ4n) is 1.63. The Bertz CT molecular complexity index is 625. The van der Waals surface area contributed by atoms with E-state index in [0.29, 0.717) is 23.9 Å². The van der Waals surface area contributed by atoms with Crippen LogP contribution in [0.4, 0.5) is 6.01 Å². The minimum atomic E-state index is -0.194. The fraction of sp³-hybridized carbons (Fsp3) is 0.214. The van der Waals surface area contributed by atoms with Crippen LogP contribution in [0.1, 0.15) is 19.8 Å². The molecule has 2 rings (SSSR count). The summed E-state index contributed by atoms with van der Waals surface area (Å²) >= 11 is 0. The van der Waals surface area contributed by atoms with Crippen LogP contribution in [0.15, 0.2) is 45.8 Å². The van der Waals surface area contributed by atoms with Gasteiger partial charge in [-0.05, 0) is 25.5 Å². The summed E-state index contributed by atoms with van der Waals surface area (Å²) in [4.78, 5) is 19.6. The molecule has 0 spiro atoms. The molecule has 0 saturated heterocycles. The Morgan fingerprint density at radius 1 is 1.50 bits per heavy atom. The number of aliphatic imine (C=N–C) groups is 1. The third kappa shape index (κ3) is 3.68. The van der Waals surface area contributed by atoms with Crippen molar-refractivity contribution in [3.05, 3.63) is 36.4 Å². The van der Waals surface area contributed by atoms with Gasteiger partial charge in [-0.3, -0.25) is 10.1 Å². The number of nitrogens with zero attached hydrogens (tertiary/aromatic N) is 2. The average molecular weight is 272 g/mol. The molecule has 1 heterocycles. The Labute approximate surface area is 116 Å². The number of benzene rings is 1. The van der Waals surface area contributed by atoms with Gasteiger partial charge in [0, 0.05) is 6.42 Å². The van der Waals surface area contributed by atoms with Crippen LogP contribution < -0.4 is 11.1 Å². The number of fused-ring (bicyclic) bond motifs is 1. The first-order chi connectivity index (χ1) is 9.69. The van der Waals surface area contributed by atoms with Crippen LogP contribution in [0.2, 0.25) is 0 Å². The zero-order valence-electron chi connectivity index (χ0n) is 11.2. The number of rotatable bonds is 4. The summed E-state index contributed by atoms with van der Waals surface area (Å²) in [6, 6.07) is 7.41. The molecule has 0 atom stereocenters. The quantitative estimate of drug-likeness (QED) is 0.507. The maximum Gasteiger partial charge on any atom is 0.325 e. The van der Waals surface area contributed by atoms with Crippen LogP contribution in [-0.4, -0.2) is 16.9 Å². The number of guanidine groups is 1. The fourth-order valence-corrected chi connectivity index (χ4v) is 1.63. The van der Waals surface area contributed by atoms with E-state index in [2.05, 4.69) is 15.3 Å². The lowest BCUT2D eigenvalue weighted by atomic mass is 10.3. The van der Waals surface area contributed by atoms with Crippen molar-refractivity contribution in [1.29, 1.82) is 0 Å². The maximum atomic E-state index is 11.5. The van der Waals surface area contributed by atoms with E-state index in [4.69, 9.17) is 10.2 Å². The van der Waals surface area contributed by atoms with Gasteiger partial charge in [-0.2, -0.15) is 9.98 Å². The van der Waals surface area contributed by atoms with Crippen LogP contribution >= 0.6 is 0 Å². The highest BCUT2D eigenvalue weighted by Gasteiger charge is 2.06. The van der Waals surface area contributed by atoms with Crippen LogP contribution in [0.25, 0.3) is 11.1 Å². The minimum Gasteiger partial charge on any atom is -0.422 e. The van der Waals surface area contributed by atoms with E-state index >= 15 is 0 Å². The van der Waals surface area contributed by atoms with Crippen molar-refractivity contribution in [2.75, 3.05) is 0 Å².